The first-order chi connectivity index (χ1) is 8.56. The minimum absolute atomic E-state index is 0.259. The Kier molecular flexibility index (Phi) is 3.43. The molecule has 0 aliphatic rings. The Bertz CT molecular complexity index is 586. The summed E-state index contributed by atoms with van der Waals surface area (Å²) in [4.78, 5) is 15.5. The van der Waals surface area contributed by atoms with Crippen LogP contribution in [0.25, 0.3) is 0 Å². The SMILES string of the molecule is Nc1cc(C(=O)Nc2ccc(F)cn2)ccc1Cl. The first-order valence-corrected chi connectivity index (χ1v) is 5.42. The third kappa shape index (κ3) is 2.75. The van der Waals surface area contributed by atoms with E-state index in [9.17, 15) is 9.18 Å². The zero-order valence-electron chi connectivity index (χ0n) is 9.15. The van der Waals surface area contributed by atoms with Gasteiger partial charge in [-0.05, 0) is 30.3 Å². The maximum atomic E-state index is 12.6. The molecule has 0 fully saturated rings. The Labute approximate surface area is 108 Å². The van der Waals surface area contributed by atoms with Crippen molar-refractivity contribution in [2.75, 3.05) is 11.1 Å². The van der Waals surface area contributed by atoms with Crippen LogP contribution in [0.1, 0.15) is 10.4 Å². The van der Waals surface area contributed by atoms with Crippen molar-refractivity contribution in [2.45, 2.75) is 0 Å². The van der Waals surface area contributed by atoms with Gasteiger partial charge in [-0.3, -0.25) is 4.79 Å². The summed E-state index contributed by atoms with van der Waals surface area (Å²) in [5, 5.41) is 2.90. The average molecular weight is 266 g/mol. The van der Waals surface area contributed by atoms with Crippen LogP contribution in [0, 0.1) is 5.82 Å². The molecule has 1 amide bonds. The van der Waals surface area contributed by atoms with Crippen LogP contribution in [0.3, 0.4) is 0 Å². The van der Waals surface area contributed by atoms with Crippen molar-refractivity contribution in [3.8, 4) is 0 Å². The van der Waals surface area contributed by atoms with Crippen LogP contribution in [0.5, 0.6) is 0 Å². The molecule has 0 aliphatic heterocycles. The van der Waals surface area contributed by atoms with Gasteiger partial charge in [-0.2, -0.15) is 0 Å². The van der Waals surface area contributed by atoms with Crippen molar-refractivity contribution >= 4 is 29.0 Å². The minimum atomic E-state index is -0.469. The lowest BCUT2D eigenvalue weighted by molar-refractivity contribution is 0.102. The fraction of sp³-hybridized carbons (Fsp3) is 0. The molecule has 4 nitrogen and oxygen atoms in total. The lowest BCUT2D eigenvalue weighted by atomic mass is 10.2. The van der Waals surface area contributed by atoms with Crippen LogP contribution >= 0.6 is 11.6 Å². The molecule has 0 unspecified atom stereocenters. The monoisotopic (exact) mass is 265 g/mol. The van der Waals surface area contributed by atoms with E-state index in [-0.39, 0.29) is 5.82 Å². The van der Waals surface area contributed by atoms with Gasteiger partial charge >= 0.3 is 0 Å². The quantitative estimate of drug-likeness (QED) is 0.821. The van der Waals surface area contributed by atoms with Crippen molar-refractivity contribution in [3.63, 3.8) is 0 Å². The van der Waals surface area contributed by atoms with Gasteiger partial charge < -0.3 is 11.1 Å². The Morgan fingerprint density at radius 1 is 1.33 bits per heavy atom. The number of benzene rings is 1. The lowest BCUT2D eigenvalue weighted by Crippen LogP contribution is -2.13. The van der Waals surface area contributed by atoms with Crippen LogP contribution < -0.4 is 11.1 Å². The van der Waals surface area contributed by atoms with Crippen molar-refractivity contribution in [3.05, 3.63) is 52.9 Å². The van der Waals surface area contributed by atoms with Crippen LogP contribution in [0.4, 0.5) is 15.9 Å². The molecular weight excluding hydrogens is 257 g/mol. The highest BCUT2D eigenvalue weighted by atomic mass is 35.5. The van der Waals surface area contributed by atoms with E-state index in [4.69, 9.17) is 17.3 Å². The van der Waals surface area contributed by atoms with Crippen LogP contribution in [0.2, 0.25) is 5.02 Å². The fourth-order valence-electron chi connectivity index (χ4n) is 1.32. The van der Waals surface area contributed by atoms with Gasteiger partial charge in [0.05, 0.1) is 16.9 Å². The standard InChI is InChI=1S/C12H9ClFN3O/c13-9-3-1-7(5-10(9)15)12(18)17-11-4-2-8(14)6-16-11/h1-6H,15H2,(H,16,17,18). The molecule has 1 aromatic carbocycles. The summed E-state index contributed by atoms with van der Waals surface area (Å²) in [5.41, 5.74) is 6.26. The molecular formula is C12H9ClFN3O. The van der Waals surface area contributed by atoms with Crippen molar-refractivity contribution in [1.82, 2.24) is 4.98 Å². The number of nitrogens with zero attached hydrogens (tertiary/aromatic N) is 1. The molecule has 18 heavy (non-hydrogen) atoms. The Hall–Kier alpha value is -2.14. The number of nitrogen functional groups attached to an aromatic ring is 1. The molecule has 1 aromatic heterocycles. The minimum Gasteiger partial charge on any atom is -0.398 e. The van der Waals surface area contributed by atoms with Crippen molar-refractivity contribution in [2.24, 2.45) is 0 Å². The predicted molar refractivity (Wildman–Crippen MR) is 68.0 cm³/mol. The molecule has 0 atom stereocenters. The first kappa shape index (κ1) is 12.3. The number of nitrogens with one attached hydrogen (secondary N) is 1. The van der Waals surface area contributed by atoms with Gasteiger partial charge in [0.2, 0.25) is 0 Å². The van der Waals surface area contributed by atoms with Crippen LogP contribution in [0.15, 0.2) is 36.5 Å². The van der Waals surface area contributed by atoms with Gasteiger partial charge in [-0.25, -0.2) is 9.37 Å². The number of anilines is 2. The van der Waals surface area contributed by atoms with Gasteiger partial charge in [0.15, 0.2) is 0 Å². The van der Waals surface area contributed by atoms with E-state index in [1.54, 1.807) is 0 Å². The molecule has 6 heteroatoms. The number of hydrogen-bond donors (Lipinski definition) is 2. The highest BCUT2D eigenvalue weighted by Gasteiger charge is 2.08. The molecule has 0 saturated carbocycles. The van der Waals surface area contributed by atoms with Crippen molar-refractivity contribution in [1.29, 1.82) is 0 Å². The van der Waals surface area contributed by atoms with Crippen LogP contribution in [-0.2, 0) is 0 Å². The molecule has 0 bridgehead atoms. The molecule has 2 rings (SSSR count). The van der Waals surface area contributed by atoms with E-state index in [2.05, 4.69) is 10.3 Å². The number of amides is 1. The molecule has 0 spiro atoms. The second-order valence-electron chi connectivity index (χ2n) is 3.55. The smallest absolute Gasteiger partial charge is 0.256 e. The average Bonchev–Trinajstić information content (AvgIpc) is 2.35. The molecule has 0 radical (unpaired) electrons. The fourth-order valence-corrected chi connectivity index (χ4v) is 1.44. The number of halogens is 2. The van der Waals surface area contributed by atoms with Gasteiger partial charge in [0.25, 0.3) is 5.91 Å². The Morgan fingerprint density at radius 2 is 2.11 bits per heavy atom. The predicted octanol–water partition coefficient (Wildman–Crippen LogP) is 2.71. The first-order valence-electron chi connectivity index (χ1n) is 5.04. The van der Waals surface area contributed by atoms with Gasteiger partial charge in [0, 0.05) is 5.56 Å². The second kappa shape index (κ2) is 5.01. The molecule has 3 N–H and O–H groups in total. The largest absolute Gasteiger partial charge is 0.398 e. The Morgan fingerprint density at radius 3 is 2.72 bits per heavy atom. The van der Waals surface area contributed by atoms with E-state index >= 15 is 0 Å². The van der Waals surface area contributed by atoms with Crippen molar-refractivity contribution < 1.29 is 9.18 Å². The summed E-state index contributed by atoms with van der Waals surface area (Å²) in [5.74, 6) is -0.601. The lowest BCUT2D eigenvalue weighted by Gasteiger charge is -2.05. The highest BCUT2D eigenvalue weighted by molar-refractivity contribution is 6.33. The summed E-state index contributed by atoms with van der Waals surface area (Å²) in [6.45, 7) is 0. The Balaban J connectivity index is 2.16. The highest BCUT2D eigenvalue weighted by Crippen LogP contribution is 2.20. The van der Waals surface area contributed by atoms with Gasteiger partial charge in [-0.1, -0.05) is 11.6 Å². The normalized spacial score (nSPS) is 10.1. The second-order valence-corrected chi connectivity index (χ2v) is 3.96. The molecule has 2 aromatic rings. The molecule has 0 saturated heterocycles. The summed E-state index contributed by atoms with van der Waals surface area (Å²) < 4.78 is 12.6. The zero-order chi connectivity index (χ0) is 13.1. The number of carbonyl (C=O) groups excluding carboxylic acids is 1. The van der Waals surface area contributed by atoms with Crippen LogP contribution in [-0.4, -0.2) is 10.9 Å². The van der Waals surface area contributed by atoms with E-state index < -0.39 is 11.7 Å². The maximum Gasteiger partial charge on any atom is 0.256 e. The van der Waals surface area contributed by atoms with Gasteiger partial charge in [0.1, 0.15) is 11.6 Å². The third-order valence-electron chi connectivity index (χ3n) is 2.23. The third-order valence-corrected chi connectivity index (χ3v) is 2.57. The van der Waals surface area contributed by atoms with E-state index in [0.29, 0.717) is 16.3 Å². The van der Waals surface area contributed by atoms with E-state index in [0.717, 1.165) is 6.20 Å². The topological polar surface area (TPSA) is 68.0 Å². The molecule has 92 valence electrons. The number of pyridine rings is 1. The summed E-state index contributed by atoms with van der Waals surface area (Å²) >= 11 is 5.75. The molecule has 1 heterocycles. The summed E-state index contributed by atoms with van der Waals surface area (Å²) in [7, 11) is 0. The number of hydrogen-bond acceptors (Lipinski definition) is 3. The van der Waals surface area contributed by atoms with E-state index in [1.165, 1.54) is 30.3 Å². The van der Waals surface area contributed by atoms with Gasteiger partial charge in [-0.15, -0.1) is 0 Å². The summed E-state index contributed by atoms with van der Waals surface area (Å²) in [6.07, 6.45) is 1.02. The number of carbonyl (C=O) groups is 1. The molecule has 0 aliphatic carbocycles. The number of nitrogens with two attached hydrogens (primary N) is 1. The van der Waals surface area contributed by atoms with E-state index in [1.807, 2.05) is 0 Å². The summed E-state index contributed by atoms with van der Waals surface area (Å²) in [6, 6.07) is 7.11. The number of aromatic nitrogens is 1. The zero-order valence-corrected chi connectivity index (χ0v) is 9.91. The maximum absolute atomic E-state index is 12.6. The number of rotatable bonds is 2.